The van der Waals surface area contributed by atoms with Gasteiger partial charge in [0.15, 0.2) is 5.75 Å². The predicted octanol–water partition coefficient (Wildman–Crippen LogP) is 4.77. The second-order valence-electron chi connectivity index (χ2n) is 16.6. The van der Waals surface area contributed by atoms with Gasteiger partial charge in [-0.15, -0.1) is 0 Å². The number of phenols is 3. The number of amides is 1. The summed E-state index contributed by atoms with van der Waals surface area (Å²) in [7, 11) is 1.44. The number of carbonyl (C=O) groups is 3. The van der Waals surface area contributed by atoms with Crippen molar-refractivity contribution in [2.45, 2.75) is 112 Å². The molecule has 0 aromatic heterocycles. The minimum atomic E-state index is -2.05. The molecule has 60 heavy (non-hydrogen) atoms. The van der Waals surface area contributed by atoms with Crippen LogP contribution in [-0.2, 0) is 23.8 Å². The van der Waals surface area contributed by atoms with Crippen molar-refractivity contribution in [3.8, 4) is 23.0 Å². The molecule has 0 radical (unpaired) electrons. The molecule has 1 saturated heterocycles. The molecule has 2 aromatic carbocycles. The summed E-state index contributed by atoms with van der Waals surface area (Å²) >= 11 is 0. The van der Waals surface area contributed by atoms with Crippen LogP contribution < -0.4 is 15.4 Å². The molecule has 4 heterocycles. The number of anilines is 1. The van der Waals surface area contributed by atoms with Gasteiger partial charge in [-0.2, -0.15) is 5.10 Å². The van der Waals surface area contributed by atoms with Gasteiger partial charge >= 0.3 is 11.8 Å². The van der Waals surface area contributed by atoms with Crippen molar-refractivity contribution in [1.29, 1.82) is 0 Å². The summed E-state index contributed by atoms with van der Waals surface area (Å²) in [5.41, 5.74) is -0.380. The number of ether oxygens (including phenoxy) is 4. The van der Waals surface area contributed by atoms with Crippen LogP contribution in [0.5, 0.6) is 23.0 Å². The lowest BCUT2D eigenvalue weighted by Crippen LogP contribution is -2.52. The molecule has 328 valence electrons. The number of hydrogen-bond donors (Lipinski definition) is 7. The summed E-state index contributed by atoms with van der Waals surface area (Å²) in [5, 5.41) is 70.5. The van der Waals surface area contributed by atoms with Crippen LogP contribution in [0.25, 0.3) is 10.8 Å². The van der Waals surface area contributed by atoms with Crippen LogP contribution in [0.3, 0.4) is 0 Å². The molecule has 11 atom stereocenters. The average molecular weight is 837 g/mol. The Morgan fingerprint density at radius 2 is 1.65 bits per heavy atom. The number of nitrogens with one attached hydrogen (secondary N) is 2. The molecule has 1 amide bonds. The number of esters is 1. The van der Waals surface area contributed by atoms with Crippen LogP contribution in [0.1, 0.15) is 83.8 Å². The number of aromatic hydroxyl groups is 3. The second-order valence-corrected chi connectivity index (χ2v) is 16.6. The largest absolute Gasteiger partial charge is 0.507 e. The molecule has 7 N–H and O–H groups in total. The van der Waals surface area contributed by atoms with Gasteiger partial charge in [0, 0.05) is 73.7 Å². The zero-order valence-corrected chi connectivity index (χ0v) is 36.1. The number of aliphatic hydroxyl groups is 2. The predicted molar refractivity (Wildman–Crippen MR) is 225 cm³/mol. The lowest BCUT2D eigenvalue weighted by molar-refractivity contribution is -0.160. The third-order valence-corrected chi connectivity index (χ3v) is 12.1. The van der Waals surface area contributed by atoms with Crippen LogP contribution in [0, 0.1) is 30.6 Å². The maximum Gasteiger partial charge on any atom is 0.312 e. The first kappa shape index (κ1) is 45.9. The summed E-state index contributed by atoms with van der Waals surface area (Å²) in [4.78, 5) is 40.6. The first-order valence-corrected chi connectivity index (χ1v) is 20.3. The molecule has 16 heteroatoms. The highest BCUT2D eigenvalue weighted by Gasteiger charge is 2.50. The van der Waals surface area contributed by atoms with Gasteiger partial charge in [-0.1, -0.05) is 45.9 Å². The zero-order valence-electron chi connectivity index (χ0n) is 36.1. The normalized spacial score (nSPS) is 33.9. The van der Waals surface area contributed by atoms with Crippen LogP contribution in [0.15, 0.2) is 41.2 Å². The van der Waals surface area contributed by atoms with Gasteiger partial charge in [0.2, 0.25) is 0 Å². The van der Waals surface area contributed by atoms with Crippen LogP contribution >= 0.6 is 0 Å². The number of nitrogens with zero attached hydrogens (tertiary/aromatic N) is 2. The van der Waals surface area contributed by atoms with E-state index in [9.17, 15) is 39.9 Å². The number of hydrogen-bond acceptors (Lipinski definition) is 15. The Bertz CT molecular complexity index is 2120. The van der Waals surface area contributed by atoms with Gasteiger partial charge in [-0.3, -0.25) is 19.4 Å². The van der Waals surface area contributed by atoms with E-state index in [2.05, 4.69) is 15.7 Å². The molecule has 6 rings (SSSR count). The van der Waals surface area contributed by atoms with Gasteiger partial charge in [-0.25, -0.2) is 0 Å². The zero-order chi connectivity index (χ0) is 44.5. The lowest BCUT2D eigenvalue weighted by Gasteiger charge is -2.38. The van der Waals surface area contributed by atoms with E-state index in [1.54, 1.807) is 44.9 Å². The third-order valence-electron chi connectivity index (χ3n) is 12.1. The van der Waals surface area contributed by atoms with Gasteiger partial charge in [0.1, 0.15) is 23.4 Å². The molecule has 1 fully saturated rings. The Morgan fingerprint density at radius 1 is 0.967 bits per heavy atom. The fourth-order valence-corrected chi connectivity index (χ4v) is 8.17. The number of piperazine rings is 1. The van der Waals surface area contributed by atoms with E-state index in [1.807, 2.05) is 13.8 Å². The molecule has 5 bridgehead atoms. The molecular formula is C44H60N4O12. The van der Waals surface area contributed by atoms with E-state index in [0.29, 0.717) is 13.1 Å². The van der Waals surface area contributed by atoms with E-state index in [-0.39, 0.29) is 56.6 Å². The smallest absolute Gasteiger partial charge is 0.312 e. The van der Waals surface area contributed by atoms with Crippen molar-refractivity contribution in [3.63, 3.8) is 0 Å². The van der Waals surface area contributed by atoms with E-state index < -0.39 is 88.8 Å². The fraction of sp³-hybridized carbons (Fsp3) is 0.545. The summed E-state index contributed by atoms with van der Waals surface area (Å²) in [5.74, 6) is -8.40. The number of rotatable bonds is 4. The standard InChI is InChI=1S/C44H60N4O12/c1-20-13-12-14-21(2)43(56)47-34-29(18-46-48-19-22(3)45-17-23(48)4)38(53)31-32(39(34)54)37(52)27(8)41-33(31)42(55)44(10,60-41)58-16-15-30(57-11)24(5)40(59-28(9)49)26(7)36(51)25(6)35(20)50/h12-16,18,20,22-26,30,35-36,40,45,50-54H,17,19H2,1-11H3,(H,47,56)/b13-12+,16-15+,21-14+,46-18-. The molecule has 16 nitrogen and oxygen atoms in total. The van der Waals surface area contributed by atoms with Crippen LogP contribution in [0.2, 0.25) is 0 Å². The van der Waals surface area contributed by atoms with E-state index >= 15 is 0 Å². The maximum atomic E-state index is 14.5. The van der Waals surface area contributed by atoms with Crippen molar-refractivity contribution in [3.05, 3.63) is 52.8 Å². The van der Waals surface area contributed by atoms with Crippen molar-refractivity contribution in [2.24, 2.45) is 28.8 Å². The number of benzene rings is 2. The molecular weight excluding hydrogens is 776 g/mol. The minimum Gasteiger partial charge on any atom is -0.507 e. The number of allylic oxidation sites excluding steroid dienone is 2. The van der Waals surface area contributed by atoms with Crippen LogP contribution in [-0.4, -0.2) is 117 Å². The monoisotopic (exact) mass is 836 g/mol. The van der Waals surface area contributed by atoms with E-state index in [1.165, 1.54) is 59.4 Å². The summed E-state index contributed by atoms with van der Waals surface area (Å²) < 4.78 is 23.6. The van der Waals surface area contributed by atoms with Gasteiger partial charge in [0.05, 0.1) is 65.6 Å². The molecule has 0 spiro atoms. The topological polar surface area (TPSA) is 229 Å². The molecule has 0 aliphatic carbocycles. The van der Waals surface area contributed by atoms with Gasteiger partial charge in [0.25, 0.3) is 11.7 Å². The molecule has 11 unspecified atom stereocenters. The lowest BCUT2D eigenvalue weighted by atomic mass is 9.78. The number of carbonyl (C=O) groups excluding carboxylic acids is 3. The number of methoxy groups -OCH3 is 1. The minimum absolute atomic E-state index is 0.0524. The van der Waals surface area contributed by atoms with Crippen molar-refractivity contribution in [1.82, 2.24) is 10.3 Å². The number of ketones is 1. The van der Waals surface area contributed by atoms with Gasteiger partial charge < -0.3 is 55.1 Å². The summed E-state index contributed by atoms with van der Waals surface area (Å²) in [6, 6.07) is 0.0288. The first-order chi connectivity index (χ1) is 28.1. The Hall–Kier alpha value is -5.16. The van der Waals surface area contributed by atoms with Gasteiger partial charge in [-0.05, 0) is 33.8 Å². The van der Waals surface area contributed by atoms with E-state index in [4.69, 9.17) is 18.9 Å². The Labute approximate surface area is 350 Å². The van der Waals surface area contributed by atoms with Crippen LogP contribution in [0.4, 0.5) is 5.69 Å². The van der Waals surface area contributed by atoms with Crippen molar-refractivity contribution < 1.29 is 58.9 Å². The summed E-state index contributed by atoms with van der Waals surface area (Å²) in [6.07, 6.45) is 4.85. The highest BCUT2D eigenvalue weighted by atomic mass is 16.7. The second kappa shape index (κ2) is 18.2. The number of fused-ring (bicyclic) bond motifs is 14. The maximum absolute atomic E-state index is 14.5. The highest BCUT2D eigenvalue weighted by molar-refractivity contribution is 6.23. The first-order valence-electron chi connectivity index (χ1n) is 20.3. The number of phenolic OH excluding ortho intramolecular Hbond substituents is 3. The molecule has 4 aliphatic rings. The van der Waals surface area contributed by atoms with E-state index in [0.717, 1.165) is 0 Å². The fourth-order valence-electron chi connectivity index (χ4n) is 8.17. The summed E-state index contributed by atoms with van der Waals surface area (Å²) in [6.45, 7) is 17.6. The van der Waals surface area contributed by atoms with Crippen molar-refractivity contribution in [2.75, 3.05) is 25.5 Å². The highest BCUT2D eigenvalue weighted by Crippen LogP contribution is 2.55. The van der Waals surface area contributed by atoms with Crippen molar-refractivity contribution >= 4 is 40.3 Å². The molecule has 2 aromatic rings. The third kappa shape index (κ3) is 8.83. The Balaban J connectivity index is 1.72. The average Bonchev–Trinajstić information content (AvgIpc) is 3.47. The molecule has 4 aliphatic heterocycles. The molecule has 0 saturated carbocycles. The number of hydrazone groups is 1. The quantitative estimate of drug-likeness (QED) is 0.0953. The number of aliphatic hydroxyl groups excluding tert-OH is 2. The Kier molecular flexibility index (Phi) is 13.9. The SMILES string of the molecule is COC1/C=C/OC2(C)Oc3c(C)c(O)c4c(O)c(c(/C=N\N5CC(C)NCC5C)c(O)c4c3C2=O)NC(=O)/C(C)=C/C=C/C(C)C(O)C(C)C(O)C(C)C(OC(C)=O)C1C. The Morgan fingerprint density at radius 3 is 2.30 bits per heavy atom. The number of Topliss-reactive ketones (excluding diaryl/α,β-unsaturated/α-hetero) is 1.